The second-order valence-electron chi connectivity index (χ2n) is 6.11. The van der Waals surface area contributed by atoms with Gasteiger partial charge in [-0.3, -0.25) is 4.79 Å². The number of aromatic nitrogens is 1. The quantitative estimate of drug-likeness (QED) is 0.888. The van der Waals surface area contributed by atoms with Crippen LogP contribution in [-0.2, 0) is 4.79 Å². The molecule has 1 saturated heterocycles. The van der Waals surface area contributed by atoms with E-state index in [1.54, 1.807) is 18.3 Å². The van der Waals surface area contributed by atoms with Gasteiger partial charge in [0.05, 0.1) is 17.8 Å². The van der Waals surface area contributed by atoms with Crippen molar-refractivity contribution in [3.8, 4) is 5.88 Å². The number of hydrogen-bond acceptors (Lipinski definition) is 4. The lowest BCUT2D eigenvalue weighted by Crippen LogP contribution is -2.33. The number of rotatable bonds is 4. The fourth-order valence-corrected chi connectivity index (χ4v) is 3.05. The van der Waals surface area contributed by atoms with Crippen molar-refractivity contribution in [2.24, 2.45) is 5.92 Å². The van der Waals surface area contributed by atoms with Gasteiger partial charge in [0.25, 0.3) is 0 Å². The van der Waals surface area contributed by atoms with Crippen LogP contribution in [0.3, 0.4) is 0 Å². The number of pyridine rings is 1. The van der Waals surface area contributed by atoms with Crippen LogP contribution in [0.25, 0.3) is 0 Å². The number of carbonyl (C=O) groups excluding carboxylic acids is 1. The third-order valence-corrected chi connectivity index (χ3v) is 4.40. The van der Waals surface area contributed by atoms with Crippen LogP contribution in [0.4, 0.5) is 10.5 Å². The van der Waals surface area contributed by atoms with Crippen LogP contribution >= 0.6 is 0 Å². The molecule has 1 saturated carbocycles. The van der Waals surface area contributed by atoms with E-state index >= 15 is 0 Å². The lowest BCUT2D eigenvalue weighted by Gasteiger charge is -2.17. The summed E-state index contributed by atoms with van der Waals surface area (Å²) in [6.07, 6.45) is 6.85. The van der Waals surface area contributed by atoms with Crippen molar-refractivity contribution in [3.05, 3.63) is 18.3 Å². The van der Waals surface area contributed by atoms with E-state index in [1.165, 1.54) is 17.7 Å². The van der Waals surface area contributed by atoms with Crippen LogP contribution < -0.4 is 10.1 Å². The van der Waals surface area contributed by atoms with Gasteiger partial charge in [0.15, 0.2) is 0 Å². The highest BCUT2D eigenvalue weighted by Gasteiger charge is 2.30. The molecule has 7 heteroatoms. The molecule has 1 aliphatic carbocycles. The van der Waals surface area contributed by atoms with Crippen LogP contribution in [0.1, 0.15) is 32.1 Å². The van der Waals surface area contributed by atoms with Crippen LogP contribution in [0.2, 0.25) is 0 Å². The first-order chi connectivity index (χ1) is 11.1. The monoisotopic (exact) mass is 319 g/mol. The molecule has 0 spiro atoms. The van der Waals surface area contributed by atoms with Gasteiger partial charge >= 0.3 is 12.0 Å². The average molecular weight is 319 g/mol. The summed E-state index contributed by atoms with van der Waals surface area (Å²) in [6.45, 7) is 0.705. The fraction of sp³-hybridized carbons (Fsp3) is 0.562. The zero-order valence-electron chi connectivity index (χ0n) is 12.9. The molecule has 1 atom stereocenters. The van der Waals surface area contributed by atoms with E-state index in [4.69, 9.17) is 9.84 Å². The van der Waals surface area contributed by atoms with Gasteiger partial charge in [-0.15, -0.1) is 0 Å². The summed E-state index contributed by atoms with van der Waals surface area (Å²) in [4.78, 5) is 28.8. The number of carbonyl (C=O) groups is 2. The number of aliphatic carboxylic acids is 1. The minimum atomic E-state index is -0.851. The van der Waals surface area contributed by atoms with E-state index in [2.05, 4.69) is 10.3 Å². The van der Waals surface area contributed by atoms with E-state index in [1.807, 2.05) is 0 Å². The van der Waals surface area contributed by atoms with Crippen molar-refractivity contribution in [2.45, 2.75) is 38.2 Å². The molecule has 1 unspecified atom stereocenters. The predicted octanol–water partition coefficient (Wildman–Crippen LogP) is 2.34. The van der Waals surface area contributed by atoms with Gasteiger partial charge in [-0.05, 0) is 38.2 Å². The standard InChI is InChI=1S/C16H21N3O4/c20-15(21)11-7-8-19(10-11)16(22)18-12-5-6-14(17-9-12)23-13-3-1-2-4-13/h5-6,9,11,13H,1-4,7-8,10H2,(H,18,22)(H,20,21). The molecule has 1 aliphatic heterocycles. The van der Waals surface area contributed by atoms with Crippen molar-refractivity contribution >= 4 is 17.7 Å². The first-order valence-electron chi connectivity index (χ1n) is 8.03. The molecule has 2 heterocycles. The third kappa shape index (κ3) is 3.91. The maximum absolute atomic E-state index is 12.1. The zero-order valence-corrected chi connectivity index (χ0v) is 12.9. The Morgan fingerprint density at radius 2 is 2.04 bits per heavy atom. The van der Waals surface area contributed by atoms with E-state index in [0.717, 1.165) is 12.8 Å². The number of amides is 2. The molecule has 2 fully saturated rings. The Balaban J connectivity index is 1.51. The average Bonchev–Trinajstić information content (AvgIpc) is 3.20. The highest BCUT2D eigenvalue weighted by Crippen LogP contribution is 2.23. The maximum atomic E-state index is 12.1. The Morgan fingerprint density at radius 3 is 2.65 bits per heavy atom. The number of nitrogens with one attached hydrogen (secondary N) is 1. The molecule has 0 radical (unpaired) electrons. The normalized spacial score (nSPS) is 21.4. The second-order valence-corrected chi connectivity index (χ2v) is 6.11. The number of hydrogen-bond donors (Lipinski definition) is 2. The Kier molecular flexibility index (Phi) is 4.64. The van der Waals surface area contributed by atoms with Crippen molar-refractivity contribution in [2.75, 3.05) is 18.4 Å². The van der Waals surface area contributed by atoms with Crippen molar-refractivity contribution in [1.82, 2.24) is 9.88 Å². The summed E-state index contributed by atoms with van der Waals surface area (Å²) in [5.41, 5.74) is 0.576. The van der Waals surface area contributed by atoms with Gasteiger partial charge in [-0.2, -0.15) is 0 Å². The molecule has 2 aliphatic rings. The Bertz CT molecular complexity index is 569. The van der Waals surface area contributed by atoms with E-state index in [0.29, 0.717) is 24.5 Å². The Labute approximate surface area is 134 Å². The molecule has 1 aromatic rings. The summed E-state index contributed by atoms with van der Waals surface area (Å²) in [5.74, 6) is -0.751. The number of urea groups is 1. The highest BCUT2D eigenvalue weighted by atomic mass is 16.5. The van der Waals surface area contributed by atoms with Gasteiger partial charge in [-0.1, -0.05) is 0 Å². The lowest BCUT2D eigenvalue weighted by molar-refractivity contribution is -0.141. The smallest absolute Gasteiger partial charge is 0.321 e. The van der Waals surface area contributed by atoms with Crippen LogP contribution in [0.15, 0.2) is 18.3 Å². The largest absolute Gasteiger partial charge is 0.481 e. The van der Waals surface area contributed by atoms with E-state index in [9.17, 15) is 9.59 Å². The summed E-state index contributed by atoms with van der Waals surface area (Å²) in [6, 6.07) is 3.21. The van der Waals surface area contributed by atoms with Crippen molar-refractivity contribution in [3.63, 3.8) is 0 Å². The minimum Gasteiger partial charge on any atom is -0.481 e. The van der Waals surface area contributed by atoms with Gasteiger partial charge in [0, 0.05) is 19.2 Å². The fourth-order valence-electron chi connectivity index (χ4n) is 3.05. The first kappa shape index (κ1) is 15.6. The Hall–Kier alpha value is -2.31. The summed E-state index contributed by atoms with van der Waals surface area (Å²) in [5, 5.41) is 11.7. The van der Waals surface area contributed by atoms with Gasteiger partial charge < -0.3 is 20.1 Å². The van der Waals surface area contributed by atoms with Crippen LogP contribution in [0, 0.1) is 5.92 Å². The SMILES string of the molecule is O=C(O)C1CCN(C(=O)Nc2ccc(OC3CCCC3)nc2)C1. The van der Waals surface area contributed by atoms with Crippen LogP contribution in [0.5, 0.6) is 5.88 Å². The minimum absolute atomic E-state index is 0.247. The molecule has 124 valence electrons. The summed E-state index contributed by atoms with van der Waals surface area (Å²) in [7, 11) is 0. The van der Waals surface area contributed by atoms with Gasteiger partial charge in [0.2, 0.25) is 5.88 Å². The summed E-state index contributed by atoms with van der Waals surface area (Å²) < 4.78 is 5.78. The Morgan fingerprint density at radius 1 is 1.26 bits per heavy atom. The number of carboxylic acids is 1. The van der Waals surface area contributed by atoms with E-state index < -0.39 is 11.9 Å². The molecule has 2 amide bonds. The van der Waals surface area contributed by atoms with Crippen LogP contribution in [-0.4, -0.2) is 46.2 Å². The number of likely N-dealkylation sites (tertiary alicyclic amines) is 1. The number of anilines is 1. The number of nitrogens with zero attached hydrogens (tertiary/aromatic N) is 2. The number of carboxylic acid groups (broad SMARTS) is 1. The molecule has 0 bridgehead atoms. The third-order valence-electron chi connectivity index (χ3n) is 4.40. The van der Waals surface area contributed by atoms with Gasteiger partial charge in [0.1, 0.15) is 6.10 Å². The van der Waals surface area contributed by atoms with E-state index in [-0.39, 0.29) is 18.7 Å². The molecular formula is C16H21N3O4. The van der Waals surface area contributed by atoms with Crippen molar-refractivity contribution in [1.29, 1.82) is 0 Å². The molecule has 7 nitrogen and oxygen atoms in total. The highest BCUT2D eigenvalue weighted by molar-refractivity contribution is 5.89. The first-order valence-corrected chi connectivity index (χ1v) is 8.03. The molecule has 1 aromatic heterocycles. The molecule has 23 heavy (non-hydrogen) atoms. The maximum Gasteiger partial charge on any atom is 0.321 e. The second kappa shape index (κ2) is 6.85. The topological polar surface area (TPSA) is 91.8 Å². The number of ether oxygens (including phenoxy) is 1. The lowest BCUT2D eigenvalue weighted by atomic mass is 10.1. The molecule has 0 aromatic carbocycles. The van der Waals surface area contributed by atoms with Crippen molar-refractivity contribution < 1.29 is 19.4 Å². The zero-order chi connectivity index (χ0) is 16.2. The predicted molar refractivity (Wildman–Crippen MR) is 83.5 cm³/mol. The van der Waals surface area contributed by atoms with Gasteiger partial charge in [-0.25, -0.2) is 9.78 Å². The molecule has 3 rings (SSSR count). The molecular weight excluding hydrogens is 298 g/mol. The summed E-state index contributed by atoms with van der Waals surface area (Å²) >= 11 is 0. The molecule has 2 N–H and O–H groups in total.